The highest BCUT2D eigenvalue weighted by atomic mass is 19.1. The van der Waals surface area contributed by atoms with Gasteiger partial charge in [-0.25, -0.2) is 4.39 Å². The van der Waals surface area contributed by atoms with Crippen molar-refractivity contribution in [2.45, 2.75) is 6.42 Å². The third-order valence-corrected chi connectivity index (χ3v) is 2.90. The second-order valence-corrected chi connectivity index (χ2v) is 4.38. The summed E-state index contributed by atoms with van der Waals surface area (Å²) in [5, 5.41) is 11.1. The van der Waals surface area contributed by atoms with Crippen molar-refractivity contribution in [3.8, 4) is 11.8 Å². The molecule has 0 spiro atoms. The van der Waals surface area contributed by atoms with Crippen LogP contribution in [0.25, 0.3) is 0 Å². The topological polar surface area (TPSA) is 62.1 Å². The number of hydrogen-bond acceptors (Lipinski definition) is 3. The van der Waals surface area contributed by atoms with Gasteiger partial charge in [-0.1, -0.05) is 12.1 Å². The Morgan fingerprint density at radius 2 is 2.00 bits per heavy atom. The summed E-state index contributed by atoms with van der Waals surface area (Å²) in [4.78, 5) is 11.9. The summed E-state index contributed by atoms with van der Waals surface area (Å²) in [6, 6.07) is 12.8. The van der Waals surface area contributed by atoms with Crippen molar-refractivity contribution in [1.29, 1.82) is 5.26 Å². The predicted octanol–water partition coefficient (Wildman–Crippen LogP) is 2.89. The highest BCUT2D eigenvalue weighted by molar-refractivity contribution is 5.92. The maximum absolute atomic E-state index is 13.7. The molecule has 106 valence electrons. The van der Waals surface area contributed by atoms with Crippen molar-refractivity contribution in [2.24, 2.45) is 0 Å². The van der Waals surface area contributed by atoms with Gasteiger partial charge < -0.3 is 10.1 Å². The number of anilines is 1. The van der Waals surface area contributed by atoms with Gasteiger partial charge >= 0.3 is 0 Å². The maximum Gasteiger partial charge on any atom is 0.228 e. The molecule has 0 saturated heterocycles. The number of carbonyl (C=O) groups excluding carboxylic acids is 1. The summed E-state index contributed by atoms with van der Waals surface area (Å²) in [5.41, 5.74) is 1.07. The van der Waals surface area contributed by atoms with Crippen molar-refractivity contribution in [1.82, 2.24) is 0 Å². The fourth-order valence-electron chi connectivity index (χ4n) is 1.81. The zero-order chi connectivity index (χ0) is 15.2. The first kappa shape index (κ1) is 14.5. The average molecular weight is 284 g/mol. The molecule has 0 radical (unpaired) electrons. The fourth-order valence-corrected chi connectivity index (χ4v) is 1.81. The lowest BCUT2D eigenvalue weighted by Crippen LogP contribution is -2.15. The van der Waals surface area contributed by atoms with Crippen LogP contribution in [-0.4, -0.2) is 13.0 Å². The normalized spacial score (nSPS) is 9.76. The van der Waals surface area contributed by atoms with Gasteiger partial charge in [0.25, 0.3) is 0 Å². The molecular formula is C16H13FN2O2. The van der Waals surface area contributed by atoms with Crippen molar-refractivity contribution in [2.75, 3.05) is 12.4 Å². The van der Waals surface area contributed by atoms with Crippen molar-refractivity contribution >= 4 is 11.6 Å². The summed E-state index contributed by atoms with van der Waals surface area (Å²) < 4.78 is 18.7. The van der Waals surface area contributed by atoms with Gasteiger partial charge in [-0.3, -0.25) is 4.79 Å². The van der Waals surface area contributed by atoms with Gasteiger partial charge in [0.2, 0.25) is 5.91 Å². The largest absolute Gasteiger partial charge is 0.497 e. The number of rotatable bonds is 4. The zero-order valence-electron chi connectivity index (χ0n) is 11.4. The first-order valence-corrected chi connectivity index (χ1v) is 6.25. The van der Waals surface area contributed by atoms with Crippen LogP contribution >= 0.6 is 0 Å². The minimum absolute atomic E-state index is 0.0625. The van der Waals surface area contributed by atoms with E-state index >= 15 is 0 Å². The van der Waals surface area contributed by atoms with E-state index in [0.717, 1.165) is 11.6 Å². The van der Waals surface area contributed by atoms with E-state index in [4.69, 9.17) is 10.00 Å². The lowest BCUT2D eigenvalue weighted by atomic mass is 10.1. The minimum Gasteiger partial charge on any atom is -0.497 e. The SMILES string of the molecule is COc1ccc(CC(=O)Nc2ccc(C#N)cc2F)cc1. The Hall–Kier alpha value is -2.87. The smallest absolute Gasteiger partial charge is 0.228 e. The second kappa shape index (κ2) is 6.53. The lowest BCUT2D eigenvalue weighted by Gasteiger charge is -2.07. The Labute approximate surface area is 121 Å². The van der Waals surface area contributed by atoms with Crippen LogP contribution in [0.2, 0.25) is 0 Å². The van der Waals surface area contributed by atoms with Crippen LogP contribution in [-0.2, 0) is 11.2 Å². The molecule has 0 unspecified atom stereocenters. The molecule has 0 aromatic heterocycles. The van der Waals surface area contributed by atoms with E-state index in [0.29, 0.717) is 5.75 Å². The van der Waals surface area contributed by atoms with Crippen LogP contribution in [0.15, 0.2) is 42.5 Å². The Morgan fingerprint density at radius 1 is 1.29 bits per heavy atom. The monoisotopic (exact) mass is 284 g/mol. The number of amides is 1. The lowest BCUT2D eigenvalue weighted by molar-refractivity contribution is -0.115. The standard InChI is InChI=1S/C16H13FN2O2/c1-21-13-5-2-11(3-6-13)9-16(20)19-15-7-4-12(10-18)8-14(15)17/h2-8H,9H2,1H3,(H,19,20). The minimum atomic E-state index is -0.628. The number of halogens is 1. The van der Waals surface area contributed by atoms with Crippen molar-refractivity contribution < 1.29 is 13.9 Å². The van der Waals surface area contributed by atoms with E-state index < -0.39 is 5.82 Å². The molecule has 2 aromatic carbocycles. The Bertz CT molecular complexity index is 690. The van der Waals surface area contributed by atoms with E-state index in [2.05, 4.69) is 5.32 Å². The molecule has 5 heteroatoms. The molecule has 0 aliphatic heterocycles. The highest BCUT2D eigenvalue weighted by Crippen LogP contribution is 2.16. The molecule has 4 nitrogen and oxygen atoms in total. The molecule has 0 aliphatic rings. The number of hydrogen-bond donors (Lipinski definition) is 1. The Kier molecular flexibility index (Phi) is 4.52. The Balaban J connectivity index is 2.02. The van der Waals surface area contributed by atoms with Gasteiger partial charge in [0.15, 0.2) is 0 Å². The van der Waals surface area contributed by atoms with Gasteiger partial charge in [-0.15, -0.1) is 0 Å². The maximum atomic E-state index is 13.7. The van der Waals surface area contributed by atoms with Crippen LogP contribution in [0.1, 0.15) is 11.1 Å². The summed E-state index contributed by atoms with van der Waals surface area (Å²) in [6.07, 6.45) is 0.128. The molecule has 2 aromatic rings. The van der Waals surface area contributed by atoms with E-state index in [1.807, 2.05) is 6.07 Å². The molecule has 0 heterocycles. The van der Waals surface area contributed by atoms with Crippen molar-refractivity contribution in [3.63, 3.8) is 0 Å². The molecule has 0 aliphatic carbocycles. The van der Waals surface area contributed by atoms with E-state index in [9.17, 15) is 9.18 Å². The fraction of sp³-hybridized carbons (Fsp3) is 0.125. The number of nitrogens with one attached hydrogen (secondary N) is 1. The summed E-state index contributed by atoms with van der Waals surface area (Å²) in [5.74, 6) is -0.252. The number of benzene rings is 2. The van der Waals surface area contributed by atoms with E-state index in [1.54, 1.807) is 31.4 Å². The molecule has 2 rings (SSSR count). The number of ether oxygens (including phenoxy) is 1. The Morgan fingerprint density at radius 3 is 2.57 bits per heavy atom. The second-order valence-electron chi connectivity index (χ2n) is 4.38. The van der Waals surface area contributed by atoms with Crippen LogP contribution < -0.4 is 10.1 Å². The average Bonchev–Trinajstić information content (AvgIpc) is 2.50. The molecule has 0 atom stereocenters. The quantitative estimate of drug-likeness (QED) is 0.939. The summed E-state index contributed by atoms with van der Waals surface area (Å²) in [7, 11) is 1.56. The third kappa shape index (κ3) is 3.80. The number of carbonyl (C=O) groups is 1. The molecule has 0 bridgehead atoms. The van der Waals surface area contributed by atoms with Gasteiger partial charge in [0, 0.05) is 0 Å². The molecule has 0 fully saturated rings. The first-order chi connectivity index (χ1) is 10.1. The molecule has 1 N–H and O–H groups in total. The zero-order valence-corrected chi connectivity index (χ0v) is 11.4. The molecule has 21 heavy (non-hydrogen) atoms. The predicted molar refractivity (Wildman–Crippen MR) is 76.4 cm³/mol. The number of nitriles is 1. The van der Waals surface area contributed by atoms with Crippen LogP contribution in [0, 0.1) is 17.1 Å². The highest BCUT2D eigenvalue weighted by Gasteiger charge is 2.08. The molecular weight excluding hydrogens is 271 g/mol. The molecule has 0 saturated carbocycles. The first-order valence-electron chi connectivity index (χ1n) is 6.25. The molecule has 1 amide bonds. The van der Waals surface area contributed by atoms with Crippen LogP contribution in [0.3, 0.4) is 0 Å². The van der Waals surface area contributed by atoms with Gasteiger partial charge in [0.1, 0.15) is 11.6 Å². The van der Waals surface area contributed by atoms with Crippen LogP contribution in [0.5, 0.6) is 5.75 Å². The number of nitrogens with zero attached hydrogens (tertiary/aromatic N) is 1. The van der Waals surface area contributed by atoms with Gasteiger partial charge in [-0.05, 0) is 35.9 Å². The summed E-state index contributed by atoms with van der Waals surface area (Å²) in [6.45, 7) is 0. The van der Waals surface area contributed by atoms with E-state index in [-0.39, 0.29) is 23.6 Å². The summed E-state index contributed by atoms with van der Waals surface area (Å²) >= 11 is 0. The third-order valence-electron chi connectivity index (χ3n) is 2.90. The van der Waals surface area contributed by atoms with Gasteiger partial charge in [-0.2, -0.15) is 5.26 Å². The van der Waals surface area contributed by atoms with E-state index in [1.165, 1.54) is 12.1 Å². The number of methoxy groups -OCH3 is 1. The van der Waals surface area contributed by atoms with Crippen LogP contribution in [0.4, 0.5) is 10.1 Å². The van der Waals surface area contributed by atoms with Gasteiger partial charge in [0.05, 0.1) is 30.9 Å². The van der Waals surface area contributed by atoms with Crippen molar-refractivity contribution in [3.05, 3.63) is 59.4 Å².